The van der Waals surface area contributed by atoms with E-state index in [1.165, 1.54) is 10.6 Å². The number of carboxylic acid groups (broad SMARTS) is 1. The SMILES string of the molecule is Cc1c(F)c(N2CC[C@@H](C3(NC(=O)OC(C)(C)C)CC3)C2)c2c3c1cc(C(=O)O)c(=O)n3[C@@H](C)CO2. The van der Waals surface area contributed by atoms with Gasteiger partial charge in [0.1, 0.15) is 23.5 Å². The molecule has 1 saturated carbocycles. The van der Waals surface area contributed by atoms with Crippen LogP contribution in [0.5, 0.6) is 5.75 Å². The molecule has 9 nitrogen and oxygen atoms in total. The van der Waals surface area contributed by atoms with Crippen molar-refractivity contribution in [1.29, 1.82) is 0 Å². The summed E-state index contributed by atoms with van der Waals surface area (Å²) in [5.41, 5.74) is -0.989. The van der Waals surface area contributed by atoms with Gasteiger partial charge in [-0.1, -0.05) is 0 Å². The largest absolute Gasteiger partial charge is 0.487 e. The number of pyridine rings is 1. The third-order valence-corrected chi connectivity index (χ3v) is 7.57. The third-order valence-electron chi connectivity index (χ3n) is 7.57. The lowest BCUT2D eigenvalue weighted by molar-refractivity contribution is 0.0477. The van der Waals surface area contributed by atoms with E-state index in [0.717, 1.165) is 19.3 Å². The van der Waals surface area contributed by atoms with Crippen molar-refractivity contribution in [1.82, 2.24) is 9.88 Å². The van der Waals surface area contributed by atoms with Crippen molar-refractivity contribution in [2.45, 2.75) is 71.1 Å². The quantitative estimate of drug-likeness (QED) is 0.652. The number of ether oxygens (including phenoxy) is 2. The fraction of sp³-hybridized carbons (Fsp3) is 0.577. The van der Waals surface area contributed by atoms with Crippen molar-refractivity contribution < 1.29 is 28.6 Å². The second-order valence-corrected chi connectivity index (χ2v) is 11.3. The summed E-state index contributed by atoms with van der Waals surface area (Å²) in [7, 11) is 0. The van der Waals surface area contributed by atoms with E-state index in [-0.39, 0.29) is 34.9 Å². The number of benzene rings is 1. The molecule has 5 rings (SSSR count). The van der Waals surface area contributed by atoms with Crippen LogP contribution in [-0.4, -0.2) is 52.6 Å². The first-order valence-electron chi connectivity index (χ1n) is 12.4. The lowest BCUT2D eigenvalue weighted by Crippen LogP contribution is -2.46. The fourth-order valence-corrected chi connectivity index (χ4v) is 5.62. The van der Waals surface area contributed by atoms with E-state index in [1.54, 1.807) is 13.8 Å². The highest BCUT2D eigenvalue weighted by Crippen LogP contribution is 2.50. The zero-order valence-corrected chi connectivity index (χ0v) is 21.2. The number of carbonyl (C=O) groups is 2. The van der Waals surface area contributed by atoms with Gasteiger partial charge in [0.25, 0.3) is 5.56 Å². The van der Waals surface area contributed by atoms with Gasteiger partial charge in [0.2, 0.25) is 0 Å². The summed E-state index contributed by atoms with van der Waals surface area (Å²) >= 11 is 0. The number of aromatic nitrogens is 1. The number of aromatic carboxylic acids is 1. The Morgan fingerprint density at radius 1 is 1.31 bits per heavy atom. The van der Waals surface area contributed by atoms with Crippen molar-refractivity contribution in [3.63, 3.8) is 0 Å². The standard InChI is InChI=1S/C26H32FN3O6/c1-13-12-35-21-19-16(10-17(23(32)33)22(31)30(13)19)14(2)18(27)20(21)29-9-6-15(11-29)26(7-8-26)28-24(34)36-25(3,4)5/h10,13,15H,6-9,11-12H2,1-5H3,(H,28,34)(H,32,33)/t13-,15+/m0/s1. The number of nitrogens with zero attached hydrogens (tertiary/aromatic N) is 2. The predicted molar refractivity (Wildman–Crippen MR) is 132 cm³/mol. The Balaban J connectivity index is 1.53. The minimum Gasteiger partial charge on any atom is -0.487 e. The number of alkyl carbamates (subject to hydrolysis) is 1. The molecule has 0 unspecified atom stereocenters. The molecular weight excluding hydrogens is 469 g/mol. The van der Waals surface area contributed by atoms with E-state index >= 15 is 4.39 Å². The molecule has 1 aromatic carbocycles. The number of halogens is 1. The van der Waals surface area contributed by atoms with Gasteiger partial charge in [-0.3, -0.25) is 9.36 Å². The van der Waals surface area contributed by atoms with Crippen molar-refractivity contribution in [2.24, 2.45) is 5.92 Å². The molecule has 2 atom stereocenters. The minimum atomic E-state index is -1.34. The molecule has 3 aliphatic rings. The first-order chi connectivity index (χ1) is 16.8. The van der Waals surface area contributed by atoms with Crippen LogP contribution < -0.4 is 20.5 Å². The van der Waals surface area contributed by atoms with Crippen molar-refractivity contribution in [2.75, 3.05) is 24.6 Å². The van der Waals surface area contributed by atoms with E-state index in [0.29, 0.717) is 29.7 Å². The van der Waals surface area contributed by atoms with Crippen LogP contribution in [0.4, 0.5) is 14.9 Å². The average molecular weight is 502 g/mol. The Morgan fingerprint density at radius 2 is 2.00 bits per heavy atom. The van der Waals surface area contributed by atoms with Crippen molar-refractivity contribution >= 4 is 28.7 Å². The maximum Gasteiger partial charge on any atom is 0.408 e. The van der Waals surface area contributed by atoms with Gasteiger partial charge in [-0.2, -0.15) is 0 Å². The van der Waals surface area contributed by atoms with Gasteiger partial charge in [-0.15, -0.1) is 0 Å². The topological polar surface area (TPSA) is 110 Å². The molecule has 1 aliphatic carbocycles. The van der Waals surface area contributed by atoms with Gasteiger partial charge in [-0.25, -0.2) is 14.0 Å². The molecule has 194 valence electrons. The molecule has 1 aromatic heterocycles. The number of carbonyl (C=O) groups excluding carboxylic acids is 1. The number of amides is 1. The van der Waals surface area contributed by atoms with Crippen LogP contribution in [0.15, 0.2) is 10.9 Å². The number of anilines is 1. The van der Waals surface area contributed by atoms with Crippen LogP contribution in [0.1, 0.15) is 68.9 Å². The summed E-state index contributed by atoms with van der Waals surface area (Å²) in [6.07, 6.45) is 1.98. The lowest BCUT2D eigenvalue weighted by Gasteiger charge is -2.32. The zero-order valence-electron chi connectivity index (χ0n) is 21.2. The molecule has 2 aromatic rings. The van der Waals surface area contributed by atoms with Crippen LogP contribution in [-0.2, 0) is 4.74 Å². The summed E-state index contributed by atoms with van der Waals surface area (Å²) < 4.78 is 28.8. The van der Waals surface area contributed by atoms with Gasteiger partial charge < -0.3 is 24.8 Å². The van der Waals surface area contributed by atoms with Crippen LogP contribution >= 0.6 is 0 Å². The lowest BCUT2D eigenvalue weighted by atomic mass is 9.96. The summed E-state index contributed by atoms with van der Waals surface area (Å²) in [5, 5.41) is 13.0. The third kappa shape index (κ3) is 3.87. The monoisotopic (exact) mass is 501 g/mol. The molecule has 2 fully saturated rings. The number of nitrogens with one attached hydrogen (secondary N) is 1. The number of rotatable bonds is 4. The highest BCUT2D eigenvalue weighted by atomic mass is 19.1. The second kappa shape index (κ2) is 8.11. The Hall–Kier alpha value is -3.30. The molecule has 1 saturated heterocycles. The molecule has 3 heterocycles. The highest BCUT2D eigenvalue weighted by Gasteiger charge is 2.53. The maximum absolute atomic E-state index is 15.9. The molecule has 2 aliphatic heterocycles. The molecule has 36 heavy (non-hydrogen) atoms. The van der Waals surface area contributed by atoms with Crippen molar-refractivity contribution in [3.8, 4) is 5.75 Å². The van der Waals surface area contributed by atoms with Gasteiger partial charge in [0.15, 0.2) is 11.6 Å². The Labute approximate surface area is 208 Å². The van der Waals surface area contributed by atoms with Gasteiger partial charge in [-0.05, 0) is 65.5 Å². The maximum atomic E-state index is 15.9. The van der Waals surface area contributed by atoms with Gasteiger partial charge in [0.05, 0.1) is 11.6 Å². The molecule has 1 amide bonds. The average Bonchev–Trinajstić information content (AvgIpc) is 3.37. The number of hydrogen-bond donors (Lipinski definition) is 2. The molecule has 10 heteroatoms. The predicted octanol–water partition coefficient (Wildman–Crippen LogP) is 3.98. The fourth-order valence-electron chi connectivity index (χ4n) is 5.62. The van der Waals surface area contributed by atoms with Gasteiger partial charge in [0, 0.05) is 29.9 Å². The molecule has 0 spiro atoms. The van der Waals surface area contributed by atoms with Gasteiger partial charge >= 0.3 is 12.1 Å². The normalized spacial score (nSPS) is 22.3. The smallest absolute Gasteiger partial charge is 0.408 e. The van der Waals surface area contributed by atoms with Crippen molar-refractivity contribution in [3.05, 3.63) is 33.4 Å². The number of carboxylic acids is 1. The highest BCUT2D eigenvalue weighted by molar-refractivity contribution is 5.99. The van der Waals surface area contributed by atoms with Crippen LogP contribution in [0.25, 0.3) is 10.9 Å². The summed E-state index contributed by atoms with van der Waals surface area (Å²) in [6, 6.07) is 0.851. The molecular formula is C26H32FN3O6. The first kappa shape index (κ1) is 24.4. The van der Waals surface area contributed by atoms with E-state index in [1.807, 2.05) is 25.7 Å². The van der Waals surface area contributed by atoms with Crippen LogP contribution in [0.3, 0.4) is 0 Å². The molecule has 2 N–H and O–H groups in total. The Bertz CT molecular complexity index is 1340. The van der Waals surface area contributed by atoms with Crippen LogP contribution in [0, 0.1) is 18.7 Å². The summed E-state index contributed by atoms with van der Waals surface area (Å²) in [4.78, 5) is 39.1. The number of hydrogen-bond acceptors (Lipinski definition) is 6. The first-order valence-corrected chi connectivity index (χ1v) is 12.4. The number of aryl methyl sites for hydroxylation is 1. The van der Waals surface area contributed by atoms with E-state index < -0.39 is 35.1 Å². The summed E-state index contributed by atoms with van der Waals surface area (Å²) in [6.45, 7) is 10.0. The van der Waals surface area contributed by atoms with E-state index in [9.17, 15) is 19.5 Å². The zero-order chi connectivity index (χ0) is 26.2. The second-order valence-electron chi connectivity index (χ2n) is 11.3. The van der Waals surface area contributed by atoms with E-state index in [4.69, 9.17) is 9.47 Å². The Kier molecular flexibility index (Phi) is 5.50. The molecule has 0 bridgehead atoms. The van der Waals surface area contributed by atoms with E-state index in [2.05, 4.69) is 5.32 Å². The summed E-state index contributed by atoms with van der Waals surface area (Å²) in [5.74, 6) is -1.46. The van der Waals surface area contributed by atoms with Crippen LogP contribution in [0.2, 0.25) is 0 Å². The Morgan fingerprint density at radius 3 is 2.61 bits per heavy atom. The molecule has 0 radical (unpaired) electrons. The minimum absolute atomic E-state index is 0.103.